The summed E-state index contributed by atoms with van der Waals surface area (Å²) in [5.74, 6) is 0.449. The van der Waals surface area contributed by atoms with Gasteiger partial charge in [-0.25, -0.2) is 26.7 Å². The second-order valence-electron chi connectivity index (χ2n) is 9.96. The molecule has 0 spiro atoms. The molecule has 1 unspecified atom stereocenters. The fourth-order valence-electron chi connectivity index (χ4n) is 4.94. The Morgan fingerprint density at radius 3 is 2.64 bits per heavy atom. The van der Waals surface area contributed by atoms with Crippen LogP contribution in [0.25, 0.3) is 33.1 Å². The first-order valence-electron chi connectivity index (χ1n) is 13.2. The molecule has 226 valence electrons. The van der Waals surface area contributed by atoms with E-state index in [1.54, 1.807) is 37.3 Å². The maximum atomic E-state index is 13.5. The zero-order valence-corrected chi connectivity index (χ0v) is 24.9. The van der Waals surface area contributed by atoms with Crippen LogP contribution < -0.4 is 4.74 Å². The van der Waals surface area contributed by atoms with E-state index in [9.17, 15) is 21.8 Å². The summed E-state index contributed by atoms with van der Waals surface area (Å²) in [6.45, 7) is 1.77. The molecular weight excluding hydrogens is 615 g/mol. The van der Waals surface area contributed by atoms with E-state index in [1.807, 2.05) is 12.1 Å². The van der Waals surface area contributed by atoms with E-state index in [-0.39, 0.29) is 36.3 Å². The number of nitrogens with zero attached hydrogens (tertiary/aromatic N) is 2. The first kappa shape index (κ1) is 30.8. The average molecular weight is 644 g/mol. The molecule has 2 heterocycles. The van der Waals surface area contributed by atoms with Gasteiger partial charge in [0.1, 0.15) is 11.4 Å². The lowest BCUT2D eigenvalue weighted by Crippen LogP contribution is -2.42. The summed E-state index contributed by atoms with van der Waals surface area (Å²) in [5.41, 5.74) is 2.57. The summed E-state index contributed by atoms with van der Waals surface area (Å²) < 4.78 is 74.3. The Hall–Kier alpha value is -2.64. The van der Waals surface area contributed by atoms with E-state index in [0.717, 1.165) is 15.8 Å². The lowest BCUT2D eigenvalue weighted by atomic mass is 9.99. The first-order valence-corrected chi connectivity index (χ1v) is 16.7. The summed E-state index contributed by atoms with van der Waals surface area (Å²) in [7, 11) is -8.53. The number of aromatic amines is 1. The molecule has 5 rings (SSSR count). The van der Waals surface area contributed by atoms with Crippen molar-refractivity contribution in [2.75, 3.05) is 19.7 Å². The monoisotopic (exact) mass is 643 g/mol. The number of alkyl halides is 2. The Bertz CT molecular complexity index is 1760. The van der Waals surface area contributed by atoms with Gasteiger partial charge in [0, 0.05) is 23.5 Å². The maximum Gasteiger partial charge on any atom is 0.471 e. The molecule has 0 bridgehead atoms. The maximum absolute atomic E-state index is 13.5. The van der Waals surface area contributed by atoms with Crippen molar-refractivity contribution in [1.29, 1.82) is 0 Å². The lowest BCUT2D eigenvalue weighted by molar-refractivity contribution is -0.0941. The Morgan fingerprint density at radius 1 is 1.21 bits per heavy atom. The molecule has 1 fully saturated rings. The van der Waals surface area contributed by atoms with Crippen molar-refractivity contribution in [2.24, 2.45) is 0 Å². The molecular formula is C27H29ClF2N3O7PS. The Balaban J connectivity index is 1.43. The third kappa shape index (κ3) is 6.62. The lowest BCUT2D eigenvalue weighted by Gasteiger charge is -2.29. The molecule has 0 radical (unpaired) electrons. The molecule has 2 aromatic heterocycles. The van der Waals surface area contributed by atoms with Gasteiger partial charge in [0.2, 0.25) is 0 Å². The number of ether oxygens (including phenoxy) is 1. The fraction of sp³-hybridized carbons (Fsp3) is 0.370. The molecule has 15 heteroatoms. The normalized spacial score (nSPS) is 15.2. The zero-order chi connectivity index (χ0) is 30.2. The fourth-order valence-corrected chi connectivity index (χ4v) is 7.30. The second-order valence-corrected chi connectivity index (χ2v) is 13.8. The van der Waals surface area contributed by atoms with Crippen molar-refractivity contribution < 1.29 is 40.8 Å². The number of H-pyrrole nitrogens is 1. The van der Waals surface area contributed by atoms with Crippen LogP contribution in [0.4, 0.5) is 8.78 Å². The summed E-state index contributed by atoms with van der Waals surface area (Å²) in [5, 5.41) is 1.50. The van der Waals surface area contributed by atoms with Crippen LogP contribution in [-0.2, 0) is 18.9 Å². The molecule has 42 heavy (non-hydrogen) atoms. The number of benzene rings is 2. The number of halogens is 3. The molecule has 1 aliphatic rings. The van der Waals surface area contributed by atoms with Crippen LogP contribution in [0.5, 0.6) is 5.75 Å². The number of aromatic nitrogens is 2. The predicted molar refractivity (Wildman–Crippen MR) is 155 cm³/mol. The average Bonchev–Trinajstić information content (AvgIpc) is 3.74. The predicted octanol–water partition coefficient (Wildman–Crippen LogP) is 5.76. The number of hydrogen-bond acceptors (Lipinski definition) is 7. The highest BCUT2D eigenvalue weighted by molar-refractivity contribution is 7.92. The number of hydrogen-bond donors (Lipinski definition) is 3. The highest BCUT2D eigenvalue weighted by atomic mass is 35.5. The van der Waals surface area contributed by atoms with Crippen LogP contribution in [0.2, 0.25) is 5.02 Å². The van der Waals surface area contributed by atoms with Crippen LogP contribution >= 0.6 is 19.4 Å². The van der Waals surface area contributed by atoms with E-state index >= 15 is 0 Å². The summed E-state index contributed by atoms with van der Waals surface area (Å²) in [6, 6.07) is 12.1. The number of nitrogens with one attached hydrogen (secondary N) is 1. The van der Waals surface area contributed by atoms with E-state index in [4.69, 9.17) is 26.1 Å². The molecule has 0 amide bonds. The molecule has 10 nitrogen and oxygen atoms in total. The van der Waals surface area contributed by atoms with Gasteiger partial charge < -0.3 is 19.5 Å². The molecule has 1 saturated carbocycles. The van der Waals surface area contributed by atoms with Gasteiger partial charge in [-0.15, -0.1) is 0 Å². The molecule has 3 N–H and O–H groups in total. The second kappa shape index (κ2) is 12.2. The van der Waals surface area contributed by atoms with Crippen molar-refractivity contribution in [2.45, 2.75) is 49.0 Å². The van der Waals surface area contributed by atoms with Crippen LogP contribution in [0.3, 0.4) is 0 Å². The summed E-state index contributed by atoms with van der Waals surface area (Å²) >= 11 is 6.27. The Labute approximate surface area is 245 Å². The van der Waals surface area contributed by atoms with Crippen LogP contribution in [0.1, 0.15) is 26.2 Å². The van der Waals surface area contributed by atoms with Crippen LogP contribution in [-0.4, -0.2) is 70.7 Å². The quantitative estimate of drug-likeness (QED) is 0.0941. The minimum Gasteiger partial charge on any atom is -0.491 e. The van der Waals surface area contributed by atoms with E-state index in [0.29, 0.717) is 45.7 Å². The highest BCUT2D eigenvalue weighted by Crippen LogP contribution is 2.42. The number of sulfone groups is 1. The van der Waals surface area contributed by atoms with Crippen molar-refractivity contribution in [1.82, 2.24) is 14.9 Å². The molecule has 2 aromatic carbocycles. The topological polar surface area (TPSA) is 142 Å². The van der Waals surface area contributed by atoms with Gasteiger partial charge in [-0.2, -0.15) is 0 Å². The summed E-state index contributed by atoms with van der Waals surface area (Å²) in [4.78, 5) is 27.1. The number of rotatable bonds is 13. The van der Waals surface area contributed by atoms with Gasteiger partial charge in [-0.05, 0) is 67.3 Å². The first-order chi connectivity index (χ1) is 19.9. The van der Waals surface area contributed by atoms with Crippen LogP contribution in [0, 0.1) is 0 Å². The van der Waals surface area contributed by atoms with Crippen molar-refractivity contribution in [3.63, 3.8) is 0 Å². The SMILES string of the molecule is CCN(CCCOc1ccc(-c2cccc(S(=O)(=O)C3CC3)c2)c2c1[nH]c1ncc(Cl)cc12)C(OP(=O)(O)O)C(F)F. The highest BCUT2D eigenvalue weighted by Gasteiger charge is 2.37. The largest absolute Gasteiger partial charge is 0.491 e. The third-order valence-corrected chi connectivity index (χ3v) is 10.0. The van der Waals surface area contributed by atoms with Crippen molar-refractivity contribution in [3.8, 4) is 16.9 Å². The van der Waals surface area contributed by atoms with E-state index in [2.05, 4.69) is 14.5 Å². The van der Waals surface area contributed by atoms with Crippen LogP contribution in [0.15, 0.2) is 53.6 Å². The van der Waals surface area contributed by atoms with Gasteiger partial charge in [0.15, 0.2) is 16.1 Å². The summed E-state index contributed by atoms with van der Waals surface area (Å²) in [6.07, 6.45) is -2.13. The smallest absolute Gasteiger partial charge is 0.471 e. The molecule has 1 aliphatic carbocycles. The van der Waals surface area contributed by atoms with Crippen molar-refractivity contribution in [3.05, 3.63) is 53.7 Å². The Kier molecular flexibility index (Phi) is 8.92. The van der Waals surface area contributed by atoms with Gasteiger partial charge in [0.25, 0.3) is 6.43 Å². The number of fused-ring (bicyclic) bond motifs is 3. The van der Waals surface area contributed by atoms with Gasteiger partial charge >= 0.3 is 7.82 Å². The Morgan fingerprint density at radius 2 is 1.98 bits per heavy atom. The zero-order valence-electron chi connectivity index (χ0n) is 22.4. The van der Waals surface area contributed by atoms with E-state index in [1.165, 1.54) is 6.20 Å². The third-order valence-electron chi connectivity index (χ3n) is 7.05. The molecule has 4 aromatic rings. The van der Waals surface area contributed by atoms with Crippen molar-refractivity contribution >= 4 is 51.2 Å². The standard InChI is InChI=1S/C27H29ClF2N3O7PS/c1-2-33(27(25(29)30)40-41(34,35)36)11-4-12-39-22-10-9-20(23-21-14-17(28)15-31-26(21)32-24(22)23)16-5-3-6-19(13-16)42(37,38)18-7-8-18/h3,5-6,9-10,13-15,18,25,27H,2,4,7-8,11-12H2,1H3,(H,31,32)(H2,34,35,36). The number of phosphoric acid groups is 1. The van der Waals surface area contributed by atoms with Gasteiger partial charge in [-0.3, -0.25) is 9.42 Å². The number of phosphoric ester groups is 1. The minimum atomic E-state index is -5.13. The van der Waals surface area contributed by atoms with Gasteiger partial charge in [0.05, 0.1) is 27.3 Å². The van der Waals surface area contributed by atoms with E-state index < -0.39 is 30.3 Å². The number of pyridine rings is 1. The molecule has 0 saturated heterocycles. The molecule has 1 atom stereocenters. The van der Waals surface area contributed by atoms with Gasteiger partial charge in [-0.1, -0.05) is 30.7 Å². The molecule has 0 aliphatic heterocycles. The minimum absolute atomic E-state index is 0.0266.